The van der Waals surface area contributed by atoms with Crippen LogP contribution in [-0.4, -0.2) is 0 Å². The second kappa shape index (κ2) is 14.1. The van der Waals surface area contributed by atoms with Crippen LogP contribution < -0.4 is 9.64 Å². The van der Waals surface area contributed by atoms with E-state index in [0.717, 1.165) is 56.4 Å². The minimum atomic E-state index is -0.644. The summed E-state index contributed by atoms with van der Waals surface area (Å²) in [7, 11) is 0. The maximum atomic E-state index is 7.45. The van der Waals surface area contributed by atoms with Crippen molar-refractivity contribution < 1.29 is 4.74 Å². The highest BCUT2D eigenvalue weighted by molar-refractivity contribution is 6.00. The quantitative estimate of drug-likeness (QED) is 0.167. The summed E-state index contributed by atoms with van der Waals surface area (Å²) in [6.07, 6.45) is 0. The summed E-state index contributed by atoms with van der Waals surface area (Å²) in [6, 6.07) is 85.7. The van der Waals surface area contributed by atoms with E-state index in [1.807, 2.05) is 0 Å². The Morgan fingerprint density at radius 1 is 0.344 bits per heavy atom. The lowest BCUT2D eigenvalue weighted by Crippen LogP contribution is -2.33. The summed E-state index contributed by atoms with van der Waals surface area (Å²) in [5.41, 5.74) is 16.7. The molecule has 1 aliphatic heterocycles. The molecule has 0 radical (unpaired) electrons. The molecule has 0 fully saturated rings. The second-order valence-corrected chi connectivity index (χ2v) is 16.0. The van der Waals surface area contributed by atoms with Gasteiger partial charge in [-0.05, 0) is 97.2 Å². The highest BCUT2D eigenvalue weighted by Crippen LogP contribution is 2.65. The zero-order valence-electron chi connectivity index (χ0n) is 33.4. The lowest BCUT2D eigenvalue weighted by atomic mass is 9.65. The highest BCUT2D eigenvalue weighted by Gasteiger charge is 2.52. The van der Waals surface area contributed by atoms with Crippen molar-refractivity contribution in [3.63, 3.8) is 0 Å². The largest absolute Gasteiger partial charge is 0.454 e. The molecule has 61 heavy (non-hydrogen) atoms. The van der Waals surface area contributed by atoms with Crippen molar-refractivity contribution in [2.45, 2.75) is 5.41 Å². The van der Waals surface area contributed by atoms with Gasteiger partial charge in [0, 0.05) is 22.4 Å². The number of para-hydroxylation sites is 1. The van der Waals surface area contributed by atoms with Gasteiger partial charge in [-0.3, -0.25) is 0 Å². The third kappa shape index (κ3) is 5.43. The van der Waals surface area contributed by atoms with E-state index in [4.69, 9.17) is 4.74 Å². The van der Waals surface area contributed by atoms with E-state index in [-0.39, 0.29) is 0 Å². The first-order chi connectivity index (χ1) is 30.3. The fraction of sp³-hybridized carbons (Fsp3) is 0.0169. The maximum absolute atomic E-state index is 7.45. The fourth-order valence-electron chi connectivity index (χ4n) is 10.1. The number of hydrogen-bond acceptors (Lipinski definition) is 2. The molecular formula is C59H39NO. The van der Waals surface area contributed by atoms with E-state index in [1.54, 1.807) is 0 Å². The molecule has 1 spiro atoms. The first-order valence-corrected chi connectivity index (χ1v) is 21.0. The summed E-state index contributed by atoms with van der Waals surface area (Å²) in [5, 5.41) is 2.38. The Kier molecular flexibility index (Phi) is 8.11. The number of fused-ring (bicyclic) bond motifs is 11. The van der Waals surface area contributed by atoms with Crippen LogP contribution in [0.2, 0.25) is 0 Å². The number of anilines is 3. The summed E-state index contributed by atoms with van der Waals surface area (Å²) < 4.78 is 7.45. The van der Waals surface area contributed by atoms with Crippen LogP contribution >= 0.6 is 0 Å². The molecule has 1 aliphatic carbocycles. The predicted molar refractivity (Wildman–Crippen MR) is 252 cm³/mol. The molecule has 10 aromatic rings. The van der Waals surface area contributed by atoms with Crippen molar-refractivity contribution in [1.82, 2.24) is 0 Å². The first kappa shape index (κ1) is 35.0. The van der Waals surface area contributed by atoms with E-state index in [0.29, 0.717) is 0 Å². The Morgan fingerprint density at radius 2 is 0.885 bits per heavy atom. The summed E-state index contributed by atoms with van der Waals surface area (Å²) in [6.45, 7) is 0. The average Bonchev–Trinajstić information content (AvgIpc) is 3.63. The Bertz CT molecular complexity index is 3220. The Labute approximate surface area is 356 Å². The van der Waals surface area contributed by atoms with Crippen LogP contribution in [0, 0.1) is 0 Å². The van der Waals surface area contributed by atoms with Crippen molar-refractivity contribution in [3.05, 3.63) is 259 Å². The summed E-state index contributed by atoms with van der Waals surface area (Å²) in [5.74, 6) is 1.71. The van der Waals surface area contributed by atoms with Gasteiger partial charge in [0.1, 0.15) is 5.75 Å². The molecule has 2 aliphatic rings. The molecule has 0 unspecified atom stereocenters. The molecule has 2 nitrogen and oxygen atoms in total. The molecular weight excluding hydrogens is 739 g/mol. The SMILES string of the molecule is c1ccc(-c2ccc(N(c3ccc(-c4ccccc4)cc3-c3ccccc3)c3cccc4c3Oc3ccc5ccccc5c3C43c4ccccc4-c4ccccc43)cc2)cc1. The second-order valence-electron chi connectivity index (χ2n) is 16.0. The van der Waals surface area contributed by atoms with Crippen LogP contribution in [0.15, 0.2) is 237 Å². The van der Waals surface area contributed by atoms with Gasteiger partial charge in [0.15, 0.2) is 5.75 Å². The van der Waals surface area contributed by atoms with Crippen molar-refractivity contribution >= 4 is 27.8 Å². The third-order valence-electron chi connectivity index (χ3n) is 12.7. The van der Waals surface area contributed by atoms with Gasteiger partial charge in [0.2, 0.25) is 0 Å². The number of hydrogen-bond donors (Lipinski definition) is 0. The standard InChI is InChI=1S/C59H39NO/c1-4-17-40(18-5-1)42-31-35-46(36-32-42)60(54-37-33-45(41-19-6-2-7-20-41)39-50(54)43-21-8-3-9-22-43)55-30-16-29-53-58(55)61-56-38-34-44-23-10-11-24-47(44)57(56)59(53)51-27-14-12-25-48(51)49-26-13-15-28-52(49)59/h1-39H. The highest BCUT2D eigenvalue weighted by atomic mass is 16.5. The molecule has 10 aromatic carbocycles. The summed E-state index contributed by atoms with van der Waals surface area (Å²) in [4.78, 5) is 2.41. The van der Waals surface area contributed by atoms with Crippen LogP contribution in [-0.2, 0) is 5.41 Å². The molecule has 0 bridgehead atoms. The number of rotatable bonds is 6. The van der Waals surface area contributed by atoms with Crippen molar-refractivity contribution in [3.8, 4) is 56.0 Å². The van der Waals surface area contributed by atoms with Gasteiger partial charge >= 0.3 is 0 Å². The molecule has 0 saturated heterocycles. The molecule has 0 amide bonds. The van der Waals surface area contributed by atoms with Crippen LogP contribution in [0.1, 0.15) is 22.3 Å². The van der Waals surface area contributed by atoms with Gasteiger partial charge in [-0.2, -0.15) is 0 Å². The molecule has 0 aromatic heterocycles. The van der Waals surface area contributed by atoms with Crippen molar-refractivity contribution in [1.29, 1.82) is 0 Å². The molecule has 0 N–H and O–H groups in total. The van der Waals surface area contributed by atoms with Gasteiger partial charge in [0.25, 0.3) is 0 Å². The van der Waals surface area contributed by atoms with Gasteiger partial charge < -0.3 is 9.64 Å². The van der Waals surface area contributed by atoms with Crippen molar-refractivity contribution in [2.24, 2.45) is 0 Å². The molecule has 286 valence electrons. The molecule has 1 heterocycles. The topological polar surface area (TPSA) is 12.5 Å². The predicted octanol–water partition coefficient (Wildman–Crippen LogP) is 15.8. The maximum Gasteiger partial charge on any atom is 0.156 e. The zero-order chi connectivity index (χ0) is 40.3. The van der Waals surface area contributed by atoms with Crippen LogP contribution in [0.4, 0.5) is 17.1 Å². The zero-order valence-corrected chi connectivity index (χ0v) is 33.4. The van der Waals surface area contributed by atoms with E-state index in [9.17, 15) is 0 Å². The number of ether oxygens (including phenoxy) is 1. The molecule has 12 rings (SSSR count). The smallest absolute Gasteiger partial charge is 0.156 e. The third-order valence-corrected chi connectivity index (χ3v) is 12.7. The minimum Gasteiger partial charge on any atom is -0.454 e. The van der Waals surface area contributed by atoms with E-state index >= 15 is 0 Å². The van der Waals surface area contributed by atoms with Crippen molar-refractivity contribution in [2.75, 3.05) is 4.90 Å². The minimum absolute atomic E-state index is 0.644. The van der Waals surface area contributed by atoms with Gasteiger partial charge in [-0.15, -0.1) is 0 Å². The van der Waals surface area contributed by atoms with Crippen LogP contribution in [0.3, 0.4) is 0 Å². The summed E-state index contributed by atoms with van der Waals surface area (Å²) >= 11 is 0. The Morgan fingerprint density at radius 3 is 1.57 bits per heavy atom. The van der Waals surface area contributed by atoms with Crippen LogP contribution in [0.25, 0.3) is 55.3 Å². The monoisotopic (exact) mass is 777 g/mol. The van der Waals surface area contributed by atoms with Crippen LogP contribution in [0.5, 0.6) is 11.5 Å². The van der Waals surface area contributed by atoms with Gasteiger partial charge in [-0.25, -0.2) is 0 Å². The van der Waals surface area contributed by atoms with Gasteiger partial charge in [0.05, 0.1) is 16.8 Å². The molecule has 2 heteroatoms. The Hall–Kier alpha value is -7.94. The lowest BCUT2D eigenvalue weighted by Gasteiger charge is -2.42. The van der Waals surface area contributed by atoms with E-state index in [2.05, 4.69) is 241 Å². The van der Waals surface area contributed by atoms with Gasteiger partial charge in [-0.1, -0.05) is 200 Å². The molecule has 0 atom stereocenters. The van der Waals surface area contributed by atoms with E-state index in [1.165, 1.54) is 49.7 Å². The number of benzene rings is 10. The first-order valence-electron chi connectivity index (χ1n) is 21.0. The average molecular weight is 778 g/mol. The normalized spacial score (nSPS) is 12.9. The fourth-order valence-corrected chi connectivity index (χ4v) is 10.1. The lowest BCUT2D eigenvalue weighted by molar-refractivity contribution is 0.439. The van der Waals surface area contributed by atoms with E-state index < -0.39 is 5.41 Å². The Balaban J connectivity index is 1.17. The number of nitrogens with zero attached hydrogens (tertiary/aromatic N) is 1. The molecule has 0 saturated carbocycles.